The summed E-state index contributed by atoms with van der Waals surface area (Å²) < 4.78 is 0. The first kappa shape index (κ1) is 7.79. The molecule has 0 saturated carbocycles. The van der Waals surface area contributed by atoms with E-state index < -0.39 is 0 Å². The number of nitrogen functional groups attached to an aromatic ring is 1. The van der Waals surface area contributed by atoms with Gasteiger partial charge in [-0.2, -0.15) is 0 Å². The van der Waals surface area contributed by atoms with Gasteiger partial charge in [0.2, 0.25) is 0 Å². The molecule has 2 N–H and O–H groups in total. The number of nitrogens with two attached hydrogens (primary N) is 1. The van der Waals surface area contributed by atoms with Gasteiger partial charge in [0.15, 0.2) is 0 Å². The van der Waals surface area contributed by atoms with E-state index in [1.807, 2.05) is 6.07 Å². The Morgan fingerprint density at radius 1 is 1.73 bits per heavy atom. The molecule has 2 nitrogen and oxygen atoms in total. The fourth-order valence-electron chi connectivity index (χ4n) is 1.02. The summed E-state index contributed by atoms with van der Waals surface area (Å²) in [6.45, 7) is 5.77. The lowest BCUT2D eigenvalue weighted by Gasteiger charge is -2.02. The lowest BCUT2D eigenvalue weighted by Crippen LogP contribution is -1.94. The van der Waals surface area contributed by atoms with Crippen molar-refractivity contribution in [3.05, 3.63) is 30.0 Å². The Bertz CT molecular complexity index is 266. The molecule has 0 amide bonds. The third kappa shape index (κ3) is 1.58. The SMILES string of the molecule is C=Cc1cnc(N)cc1CC. The second-order valence-electron chi connectivity index (χ2n) is 2.37. The Morgan fingerprint density at radius 2 is 2.45 bits per heavy atom. The number of aromatic nitrogens is 1. The molecule has 1 rings (SSSR count). The molecule has 1 aromatic heterocycles. The largest absolute Gasteiger partial charge is 0.384 e. The zero-order valence-electron chi connectivity index (χ0n) is 6.67. The van der Waals surface area contributed by atoms with Crippen LogP contribution in [0.1, 0.15) is 18.1 Å². The van der Waals surface area contributed by atoms with Crippen LogP contribution in [0.3, 0.4) is 0 Å². The Balaban J connectivity index is 3.16. The van der Waals surface area contributed by atoms with E-state index in [9.17, 15) is 0 Å². The second-order valence-corrected chi connectivity index (χ2v) is 2.37. The van der Waals surface area contributed by atoms with Gasteiger partial charge in [-0.1, -0.05) is 19.6 Å². The average Bonchev–Trinajstić information content (AvgIpc) is 2.04. The number of aryl methyl sites for hydroxylation is 1. The molecule has 0 aliphatic heterocycles. The monoisotopic (exact) mass is 148 g/mol. The molecule has 11 heavy (non-hydrogen) atoms. The van der Waals surface area contributed by atoms with Gasteiger partial charge in [0.05, 0.1) is 0 Å². The average molecular weight is 148 g/mol. The molecule has 58 valence electrons. The molecule has 0 bridgehead atoms. The molecule has 1 heterocycles. The summed E-state index contributed by atoms with van der Waals surface area (Å²) in [4.78, 5) is 3.97. The number of rotatable bonds is 2. The first-order valence-electron chi connectivity index (χ1n) is 3.64. The quantitative estimate of drug-likeness (QED) is 0.695. The number of hydrogen-bond donors (Lipinski definition) is 1. The highest BCUT2D eigenvalue weighted by Gasteiger charge is 1.96. The van der Waals surface area contributed by atoms with E-state index >= 15 is 0 Å². The molecule has 0 radical (unpaired) electrons. The molecular weight excluding hydrogens is 136 g/mol. The normalized spacial score (nSPS) is 9.55. The van der Waals surface area contributed by atoms with Crippen LogP contribution in [0.2, 0.25) is 0 Å². The third-order valence-corrected chi connectivity index (χ3v) is 1.65. The lowest BCUT2D eigenvalue weighted by molar-refractivity contribution is 1.11. The standard InChI is InChI=1S/C9H12N2/c1-3-7-5-9(10)11-6-8(7)4-2/h4-6H,2-3H2,1H3,(H2,10,11). The minimum atomic E-state index is 0.576. The predicted molar refractivity (Wildman–Crippen MR) is 48.1 cm³/mol. The van der Waals surface area contributed by atoms with Gasteiger partial charge in [-0.25, -0.2) is 4.98 Å². The van der Waals surface area contributed by atoms with Crippen molar-refractivity contribution in [3.63, 3.8) is 0 Å². The van der Waals surface area contributed by atoms with Gasteiger partial charge in [-0.3, -0.25) is 0 Å². The van der Waals surface area contributed by atoms with E-state index in [0.29, 0.717) is 5.82 Å². The van der Waals surface area contributed by atoms with E-state index in [2.05, 4.69) is 18.5 Å². The highest BCUT2D eigenvalue weighted by Crippen LogP contribution is 2.12. The van der Waals surface area contributed by atoms with E-state index in [4.69, 9.17) is 5.73 Å². The van der Waals surface area contributed by atoms with Gasteiger partial charge in [0.1, 0.15) is 5.82 Å². The Morgan fingerprint density at radius 3 is 3.00 bits per heavy atom. The van der Waals surface area contributed by atoms with Gasteiger partial charge in [-0.15, -0.1) is 0 Å². The van der Waals surface area contributed by atoms with Crippen LogP contribution >= 0.6 is 0 Å². The van der Waals surface area contributed by atoms with Crippen LogP contribution in [0.4, 0.5) is 5.82 Å². The summed E-state index contributed by atoms with van der Waals surface area (Å²) >= 11 is 0. The molecule has 0 saturated heterocycles. The summed E-state index contributed by atoms with van der Waals surface area (Å²) in [5.74, 6) is 0.576. The van der Waals surface area contributed by atoms with Crippen LogP contribution < -0.4 is 5.73 Å². The molecule has 1 aromatic rings. The topological polar surface area (TPSA) is 38.9 Å². The van der Waals surface area contributed by atoms with Crippen LogP contribution in [0.25, 0.3) is 6.08 Å². The molecule has 0 aliphatic carbocycles. The summed E-state index contributed by atoms with van der Waals surface area (Å²) in [7, 11) is 0. The molecule has 2 heteroatoms. The van der Waals surface area contributed by atoms with Crippen LogP contribution in [-0.2, 0) is 6.42 Å². The zero-order chi connectivity index (χ0) is 8.27. The van der Waals surface area contributed by atoms with Crippen molar-refractivity contribution < 1.29 is 0 Å². The fourth-order valence-corrected chi connectivity index (χ4v) is 1.02. The van der Waals surface area contributed by atoms with E-state index in [1.54, 1.807) is 12.3 Å². The summed E-state index contributed by atoms with van der Waals surface area (Å²) in [6.07, 6.45) is 4.51. The Labute approximate surface area is 66.8 Å². The summed E-state index contributed by atoms with van der Waals surface area (Å²) in [5, 5.41) is 0. The molecular formula is C9H12N2. The second kappa shape index (κ2) is 3.19. The number of anilines is 1. The zero-order valence-corrected chi connectivity index (χ0v) is 6.67. The molecule has 0 spiro atoms. The maximum atomic E-state index is 5.51. The van der Waals surface area contributed by atoms with Crippen LogP contribution in [-0.4, -0.2) is 4.98 Å². The van der Waals surface area contributed by atoms with Crippen LogP contribution in [0.5, 0.6) is 0 Å². The van der Waals surface area contributed by atoms with Gasteiger partial charge < -0.3 is 5.73 Å². The molecule has 0 aromatic carbocycles. The first-order chi connectivity index (χ1) is 5.27. The summed E-state index contributed by atoms with van der Waals surface area (Å²) in [6, 6.07) is 1.89. The van der Waals surface area contributed by atoms with Gasteiger partial charge in [0, 0.05) is 6.20 Å². The Kier molecular flexibility index (Phi) is 2.26. The van der Waals surface area contributed by atoms with E-state index in [1.165, 1.54) is 5.56 Å². The smallest absolute Gasteiger partial charge is 0.123 e. The maximum absolute atomic E-state index is 5.51. The highest BCUT2D eigenvalue weighted by molar-refractivity contribution is 5.53. The van der Waals surface area contributed by atoms with Crippen molar-refractivity contribution in [2.45, 2.75) is 13.3 Å². The van der Waals surface area contributed by atoms with Crippen molar-refractivity contribution in [2.75, 3.05) is 5.73 Å². The first-order valence-corrected chi connectivity index (χ1v) is 3.64. The van der Waals surface area contributed by atoms with Crippen molar-refractivity contribution in [3.8, 4) is 0 Å². The molecule has 0 unspecified atom stereocenters. The van der Waals surface area contributed by atoms with Crippen LogP contribution in [0, 0.1) is 0 Å². The maximum Gasteiger partial charge on any atom is 0.123 e. The van der Waals surface area contributed by atoms with Gasteiger partial charge in [-0.05, 0) is 23.6 Å². The summed E-state index contributed by atoms with van der Waals surface area (Å²) in [5.41, 5.74) is 7.78. The lowest BCUT2D eigenvalue weighted by atomic mass is 10.1. The third-order valence-electron chi connectivity index (χ3n) is 1.65. The minimum Gasteiger partial charge on any atom is -0.384 e. The molecule has 0 fully saturated rings. The minimum absolute atomic E-state index is 0.576. The van der Waals surface area contributed by atoms with Gasteiger partial charge in [0.25, 0.3) is 0 Å². The number of pyridine rings is 1. The fraction of sp³-hybridized carbons (Fsp3) is 0.222. The number of nitrogens with zero attached hydrogens (tertiary/aromatic N) is 1. The van der Waals surface area contributed by atoms with E-state index in [0.717, 1.165) is 12.0 Å². The van der Waals surface area contributed by atoms with E-state index in [-0.39, 0.29) is 0 Å². The molecule has 0 atom stereocenters. The van der Waals surface area contributed by atoms with Crippen molar-refractivity contribution in [1.82, 2.24) is 4.98 Å². The van der Waals surface area contributed by atoms with Gasteiger partial charge >= 0.3 is 0 Å². The van der Waals surface area contributed by atoms with Crippen molar-refractivity contribution in [1.29, 1.82) is 0 Å². The predicted octanol–water partition coefficient (Wildman–Crippen LogP) is 1.87. The number of hydrogen-bond acceptors (Lipinski definition) is 2. The Hall–Kier alpha value is -1.31. The highest BCUT2D eigenvalue weighted by atomic mass is 14.8. The van der Waals surface area contributed by atoms with Crippen molar-refractivity contribution >= 4 is 11.9 Å². The van der Waals surface area contributed by atoms with Crippen molar-refractivity contribution in [2.24, 2.45) is 0 Å². The van der Waals surface area contributed by atoms with Crippen LogP contribution in [0.15, 0.2) is 18.8 Å². The molecule has 0 aliphatic rings.